The minimum absolute atomic E-state index is 0.885. The molecule has 0 aliphatic rings. The SMILES string of the molecule is c1ccc(N(c2ccc(-c3cc4c5ccccc5ccc4c4ccccc34)cc2)c2cccc3oc4ccccc4c23)cc1. The number of nitrogens with zero attached hydrogens (tertiary/aromatic N) is 1. The first-order valence-electron chi connectivity index (χ1n) is 15.0. The van der Waals surface area contributed by atoms with Crippen LogP contribution in [0.4, 0.5) is 17.1 Å². The zero-order valence-electron chi connectivity index (χ0n) is 23.9. The Morgan fingerprint density at radius 1 is 0.386 bits per heavy atom. The van der Waals surface area contributed by atoms with Gasteiger partial charge in [0.2, 0.25) is 0 Å². The summed E-state index contributed by atoms with van der Waals surface area (Å²) in [5.41, 5.74) is 7.50. The summed E-state index contributed by atoms with van der Waals surface area (Å²) < 4.78 is 6.27. The van der Waals surface area contributed by atoms with Crippen molar-refractivity contribution < 1.29 is 4.42 Å². The molecule has 0 aliphatic heterocycles. The van der Waals surface area contributed by atoms with Crippen molar-refractivity contribution in [1.29, 1.82) is 0 Å². The summed E-state index contributed by atoms with van der Waals surface area (Å²) >= 11 is 0. The monoisotopic (exact) mass is 561 g/mol. The smallest absolute Gasteiger partial charge is 0.137 e. The van der Waals surface area contributed by atoms with Crippen molar-refractivity contribution in [2.45, 2.75) is 0 Å². The molecule has 0 N–H and O–H groups in total. The largest absolute Gasteiger partial charge is 0.456 e. The van der Waals surface area contributed by atoms with E-state index in [2.05, 4.69) is 157 Å². The number of hydrogen-bond acceptors (Lipinski definition) is 2. The molecule has 0 saturated heterocycles. The number of hydrogen-bond donors (Lipinski definition) is 0. The number of benzene rings is 8. The maximum Gasteiger partial charge on any atom is 0.137 e. The van der Waals surface area contributed by atoms with E-state index < -0.39 is 0 Å². The first kappa shape index (κ1) is 24.7. The van der Waals surface area contributed by atoms with Crippen LogP contribution >= 0.6 is 0 Å². The maximum atomic E-state index is 6.27. The lowest BCUT2D eigenvalue weighted by Crippen LogP contribution is -2.10. The topological polar surface area (TPSA) is 16.4 Å². The summed E-state index contributed by atoms with van der Waals surface area (Å²) in [5, 5.41) is 9.88. The van der Waals surface area contributed by atoms with E-state index in [0.29, 0.717) is 0 Å². The Morgan fingerprint density at radius 2 is 1.02 bits per heavy atom. The molecule has 0 unspecified atom stereocenters. The molecule has 0 amide bonds. The van der Waals surface area contributed by atoms with Crippen molar-refractivity contribution >= 4 is 71.3 Å². The number of furan rings is 1. The zero-order valence-corrected chi connectivity index (χ0v) is 23.9. The van der Waals surface area contributed by atoms with Crippen LogP contribution in [0.3, 0.4) is 0 Å². The fraction of sp³-hybridized carbons (Fsp3) is 0. The fourth-order valence-electron chi connectivity index (χ4n) is 6.84. The van der Waals surface area contributed by atoms with Crippen molar-refractivity contribution in [3.63, 3.8) is 0 Å². The molecule has 0 bridgehead atoms. The minimum Gasteiger partial charge on any atom is -0.456 e. The van der Waals surface area contributed by atoms with E-state index in [1.165, 1.54) is 43.4 Å². The third kappa shape index (κ3) is 3.82. The summed E-state index contributed by atoms with van der Waals surface area (Å²) in [6.45, 7) is 0. The highest BCUT2D eigenvalue weighted by Crippen LogP contribution is 2.44. The maximum absolute atomic E-state index is 6.27. The Bertz CT molecular complexity index is 2490. The Morgan fingerprint density at radius 3 is 1.86 bits per heavy atom. The van der Waals surface area contributed by atoms with Gasteiger partial charge in [0.15, 0.2) is 0 Å². The summed E-state index contributed by atoms with van der Waals surface area (Å²) in [4.78, 5) is 2.33. The van der Waals surface area contributed by atoms with Crippen molar-refractivity contribution in [1.82, 2.24) is 0 Å². The van der Waals surface area contributed by atoms with Gasteiger partial charge >= 0.3 is 0 Å². The summed E-state index contributed by atoms with van der Waals surface area (Å²) in [6, 6.07) is 58.5. The number of para-hydroxylation sites is 2. The van der Waals surface area contributed by atoms with Gasteiger partial charge in [-0.3, -0.25) is 0 Å². The molecule has 206 valence electrons. The highest BCUT2D eigenvalue weighted by atomic mass is 16.3. The van der Waals surface area contributed by atoms with Gasteiger partial charge in [-0.15, -0.1) is 0 Å². The van der Waals surface area contributed by atoms with Gasteiger partial charge in [0.25, 0.3) is 0 Å². The van der Waals surface area contributed by atoms with Crippen molar-refractivity contribution in [3.05, 3.63) is 164 Å². The average Bonchev–Trinajstić information content (AvgIpc) is 3.48. The molecule has 1 heterocycles. The van der Waals surface area contributed by atoms with Crippen LogP contribution in [0, 0.1) is 0 Å². The minimum atomic E-state index is 0.885. The van der Waals surface area contributed by atoms with E-state index in [1.54, 1.807) is 0 Å². The van der Waals surface area contributed by atoms with Crippen molar-refractivity contribution in [2.24, 2.45) is 0 Å². The lowest BCUT2D eigenvalue weighted by molar-refractivity contribution is 0.669. The standard InChI is InChI=1S/C42H27NO/c1-2-12-30(13-3-1)43(39-18-10-20-41-42(39)36-17-8-9-19-40(36)44-41)31-24-21-29(22-25-31)37-27-38-32-14-5-4-11-28(32)23-26-35(38)33-15-6-7-16-34(33)37/h1-27H. The van der Waals surface area contributed by atoms with E-state index in [4.69, 9.17) is 4.42 Å². The second-order valence-electron chi connectivity index (χ2n) is 11.3. The molecule has 8 aromatic carbocycles. The van der Waals surface area contributed by atoms with Gasteiger partial charge < -0.3 is 9.32 Å². The molecule has 0 saturated carbocycles. The lowest BCUT2D eigenvalue weighted by Gasteiger charge is -2.26. The van der Waals surface area contributed by atoms with E-state index in [0.717, 1.165) is 39.0 Å². The highest BCUT2D eigenvalue weighted by Gasteiger charge is 2.19. The molecule has 2 heteroatoms. The Hall–Kier alpha value is -5.86. The molecule has 9 aromatic rings. The van der Waals surface area contributed by atoms with E-state index in [9.17, 15) is 0 Å². The van der Waals surface area contributed by atoms with Crippen LogP contribution in [0.1, 0.15) is 0 Å². The second-order valence-corrected chi connectivity index (χ2v) is 11.3. The average molecular weight is 562 g/mol. The van der Waals surface area contributed by atoms with Crippen LogP contribution in [0.5, 0.6) is 0 Å². The first-order valence-corrected chi connectivity index (χ1v) is 15.0. The predicted octanol–water partition coefficient (Wildman–Crippen LogP) is 12.2. The summed E-state index contributed by atoms with van der Waals surface area (Å²) in [6.07, 6.45) is 0. The lowest BCUT2D eigenvalue weighted by atomic mass is 9.91. The molecule has 1 aromatic heterocycles. The predicted molar refractivity (Wildman–Crippen MR) is 186 cm³/mol. The molecule has 0 atom stereocenters. The van der Waals surface area contributed by atoms with Crippen LogP contribution in [0.25, 0.3) is 65.4 Å². The van der Waals surface area contributed by atoms with E-state index >= 15 is 0 Å². The molecule has 0 fully saturated rings. The van der Waals surface area contributed by atoms with Gasteiger partial charge in [-0.05, 0) is 92.0 Å². The van der Waals surface area contributed by atoms with Crippen LogP contribution < -0.4 is 4.90 Å². The molecule has 44 heavy (non-hydrogen) atoms. The van der Waals surface area contributed by atoms with Gasteiger partial charge in [-0.25, -0.2) is 0 Å². The quantitative estimate of drug-likeness (QED) is 0.199. The third-order valence-corrected chi connectivity index (χ3v) is 8.84. The fourth-order valence-corrected chi connectivity index (χ4v) is 6.84. The van der Waals surface area contributed by atoms with Gasteiger partial charge in [0.05, 0.1) is 11.1 Å². The van der Waals surface area contributed by atoms with Gasteiger partial charge in [0, 0.05) is 16.8 Å². The van der Waals surface area contributed by atoms with Crippen molar-refractivity contribution in [2.75, 3.05) is 4.90 Å². The number of rotatable bonds is 4. The van der Waals surface area contributed by atoms with E-state index in [-0.39, 0.29) is 0 Å². The van der Waals surface area contributed by atoms with Crippen LogP contribution in [0.15, 0.2) is 168 Å². The third-order valence-electron chi connectivity index (χ3n) is 8.84. The van der Waals surface area contributed by atoms with Crippen molar-refractivity contribution in [3.8, 4) is 11.1 Å². The molecule has 0 radical (unpaired) electrons. The van der Waals surface area contributed by atoms with Crippen LogP contribution in [-0.2, 0) is 0 Å². The number of fused-ring (bicyclic) bond motifs is 8. The van der Waals surface area contributed by atoms with Crippen LogP contribution in [-0.4, -0.2) is 0 Å². The normalized spacial score (nSPS) is 11.6. The van der Waals surface area contributed by atoms with E-state index in [1.807, 2.05) is 12.1 Å². The summed E-state index contributed by atoms with van der Waals surface area (Å²) in [7, 11) is 0. The van der Waals surface area contributed by atoms with Gasteiger partial charge in [-0.1, -0.05) is 115 Å². The highest BCUT2D eigenvalue weighted by molar-refractivity contribution is 6.21. The van der Waals surface area contributed by atoms with Gasteiger partial charge in [-0.2, -0.15) is 0 Å². The molecular formula is C42H27NO. The second kappa shape index (κ2) is 9.86. The van der Waals surface area contributed by atoms with Gasteiger partial charge in [0.1, 0.15) is 11.2 Å². The number of anilines is 3. The first-order chi connectivity index (χ1) is 21.8. The molecule has 2 nitrogen and oxygen atoms in total. The Labute approximate surface area is 255 Å². The molecule has 0 aliphatic carbocycles. The Kier molecular flexibility index (Phi) is 5.54. The molecule has 9 rings (SSSR count). The summed E-state index contributed by atoms with van der Waals surface area (Å²) in [5.74, 6) is 0. The molecular weight excluding hydrogens is 534 g/mol. The zero-order chi connectivity index (χ0) is 29.0. The van der Waals surface area contributed by atoms with Crippen LogP contribution in [0.2, 0.25) is 0 Å². The molecule has 0 spiro atoms. The Balaban J connectivity index is 1.25.